The van der Waals surface area contributed by atoms with Crippen LogP contribution < -0.4 is 10.1 Å². The molecular formula is C11H18N2O. The molecule has 0 fully saturated rings. The Morgan fingerprint density at radius 1 is 1.50 bits per heavy atom. The summed E-state index contributed by atoms with van der Waals surface area (Å²) in [6.07, 6.45) is 4.02. The SMILES string of the molecule is CCC(Cc1ccc(OC)nc1)NC. The van der Waals surface area contributed by atoms with Gasteiger partial charge in [-0.2, -0.15) is 0 Å². The fourth-order valence-electron chi connectivity index (χ4n) is 1.39. The average Bonchev–Trinajstić information content (AvgIpc) is 2.26. The lowest BCUT2D eigenvalue weighted by Gasteiger charge is -2.13. The van der Waals surface area contributed by atoms with Gasteiger partial charge in [-0.1, -0.05) is 13.0 Å². The zero-order valence-corrected chi connectivity index (χ0v) is 9.08. The monoisotopic (exact) mass is 194 g/mol. The maximum Gasteiger partial charge on any atom is 0.212 e. The smallest absolute Gasteiger partial charge is 0.212 e. The second kappa shape index (κ2) is 5.60. The van der Waals surface area contributed by atoms with Crippen molar-refractivity contribution in [3.05, 3.63) is 23.9 Å². The van der Waals surface area contributed by atoms with Gasteiger partial charge in [0.25, 0.3) is 0 Å². The quantitative estimate of drug-likeness (QED) is 0.773. The molecule has 1 rings (SSSR count). The van der Waals surface area contributed by atoms with Crippen LogP contribution in [0.25, 0.3) is 0 Å². The molecule has 0 aliphatic heterocycles. The van der Waals surface area contributed by atoms with Crippen molar-refractivity contribution in [1.82, 2.24) is 10.3 Å². The molecule has 14 heavy (non-hydrogen) atoms. The fraction of sp³-hybridized carbons (Fsp3) is 0.545. The lowest BCUT2D eigenvalue weighted by Crippen LogP contribution is -2.26. The van der Waals surface area contributed by atoms with Crippen molar-refractivity contribution < 1.29 is 4.74 Å². The predicted molar refractivity (Wildman–Crippen MR) is 57.6 cm³/mol. The van der Waals surface area contributed by atoms with Crippen molar-refractivity contribution in [2.75, 3.05) is 14.2 Å². The van der Waals surface area contributed by atoms with Crippen molar-refractivity contribution in [1.29, 1.82) is 0 Å². The molecule has 1 atom stereocenters. The average molecular weight is 194 g/mol. The zero-order valence-electron chi connectivity index (χ0n) is 9.08. The van der Waals surface area contributed by atoms with Gasteiger partial charge in [0, 0.05) is 18.3 Å². The Kier molecular flexibility index (Phi) is 4.40. The van der Waals surface area contributed by atoms with Gasteiger partial charge in [0.15, 0.2) is 0 Å². The molecule has 3 heteroatoms. The van der Waals surface area contributed by atoms with Gasteiger partial charge < -0.3 is 10.1 Å². The zero-order chi connectivity index (χ0) is 10.4. The van der Waals surface area contributed by atoms with E-state index in [1.807, 2.05) is 19.3 Å². The molecule has 0 bridgehead atoms. The number of hydrogen-bond donors (Lipinski definition) is 1. The van der Waals surface area contributed by atoms with Gasteiger partial charge in [0.05, 0.1) is 7.11 Å². The van der Waals surface area contributed by atoms with E-state index in [1.165, 1.54) is 5.56 Å². The van der Waals surface area contributed by atoms with E-state index in [0.29, 0.717) is 11.9 Å². The molecule has 0 aromatic carbocycles. The van der Waals surface area contributed by atoms with Crippen LogP contribution >= 0.6 is 0 Å². The van der Waals surface area contributed by atoms with E-state index in [2.05, 4.69) is 23.3 Å². The standard InChI is InChI=1S/C11H18N2O/c1-4-10(12-2)7-9-5-6-11(14-3)13-8-9/h5-6,8,10,12H,4,7H2,1-3H3. The Morgan fingerprint density at radius 2 is 2.29 bits per heavy atom. The van der Waals surface area contributed by atoms with E-state index in [4.69, 9.17) is 4.74 Å². The van der Waals surface area contributed by atoms with Crippen molar-refractivity contribution in [3.8, 4) is 5.88 Å². The number of aromatic nitrogens is 1. The minimum absolute atomic E-state index is 0.533. The number of ether oxygens (including phenoxy) is 1. The summed E-state index contributed by atoms with van der Waals surface area (Å²) in [5.41, 5.74) is 1.24. The Morgan fingerprint density at radius 3 is 2.71 bits per heavy atom. The van der Waals surface area contributed by atoms with Gasteiger partial charge in [-0.05, 0) is 25.5 Å². The van der Waals surface area contributed by atoms with Crippen LogP contribution in [0.3, 0.4) is 0 Å². The normalized spacial score (nSPS) is 12.5. The third-order valence-electron chi connectivity index (χ3n) is 2.39. The summed E-state index contributed by atoms with van der Waals surface area (Å²) in [6.45, 7) is 2.18. The Labute approximate surface area is 85.5 Å². The molecule has 1 N–H and O–H groups in total. The van der Waals surface area contributed by atoms with Crippen molar-refractivity contribution >= 4 is 0 Å². The molecule has 78 valence electrons. The van der Waals surface area contributed by atoms with Crippen LogP contribution in [-0.2, 0) is 6.42 Å². The van der Waals surface area contributed by atoms with Crippen molar-refractivity contribution in [3.63, 3.8) is 0 Å². The largest absolute Gasteiger partial charge is 0.481 e. The third-order valence-corrected chi connectivity index (χ3v) is 2.39. The Bertz CT molecular complexity index is 254. The van der Waals surface area contributed by atoms with Gasteiger partial charge in [0.1, 0.15) is 0 Å². The van der Waals surface area contributed by atoms with Crippen molar-refractivity contribution in [2.24, 2.45) is 0 Å². The van der Waals surface area contributed by atoms with E-state index >= 15 is 0 Å². The van der Waals surface area contributed by atoms with E-state index in [-0.39, 0.29) is 0 Å². The molecule has 0 aliphatic carbocycles. The maximum atomic E-state index is 5.00. The molecule has 0 spiro atoms. The summed E-state index contributed by atoms with van der Waals surface area (Å²) in [7, 11) is 3.62. The minimum Gasteiger partial charge on any atom is -0.481 e. The number of nitrogens with zero attached hydrogens (tertiary/aromatic N) is 1. The molecule has 1 aromatic rings. The summed E-state index contributed by atoms with van der Waals surface area (Å²) >= 11 is 0. The second-order valence-electron chi connectivity index (χ2n) is 3.31. The molecule has 0 radical (unpaired) electrons. The Balaban J connectivity index is 2.58. The third kappa shape index (κ3) is 3.00. The predicted octanol–water partition coefficient (Wildman–Crippen LogP) is 1.63. The molecule has 1 aromatic heterocycles. The van der Waals surface area contributed by atoms with Crippen LogP contribution in [0, 0.1) is 0 Å². The van der Waals surface area contributed by atoms with E-state index in [9.17, 15) is 0 Å². The van der Waals surface area contributed by atoms with E-state index in [1.54, 1.807) is 7.11 Å². The highest BCUT2D eigenvalue weighted by Crippen LogP contribution is 2.09. The summed E-state index contributed by atoms with van der Waals surface area (Å²) in [4.78, 5) is 4.17. The fourth-order valence-corrected chi connectivity index (χ4v) is 1.39. The summed E-state index contributed by atoms with van der Waals surface area (Å²) in [5.74, 6) is 0.672. The molecule has 0 aliphatic rings. The number of pyridine rings is 1. The van der Waals surface area contributed by atoms with Crippen molar-refractivity contribution in [2.45, 2.75) is 25.8 Å². The number of nitrogens with one attached hydrogen (secondary N) is 1. The molecule has 3 nitrogen and oxygen atoms in total. The van der Waals surface area contributed by atoms with Crippen LogP contribution in [0.15, 0.2) is 18.3 Å². The minimum atomic E-state index is 0.533. The van der Waals surface area contributed by atoms with Gasteiger partial charge in [-0.25, -0.2) is 4.98 Å². The lowest BCUT2D eigenvalue weighted by molar-refractivity contribution is 0.397. The number of rotatable bonds is 5. The van der Waals surface area contributed by atoms with Crippen LogP contribution in [0.1, 0.15) is 18.9 Å². The van der Waals surface area contributed by atoms with Crippen LogP contribution in [0.4, 0.5) is 0 Å². The first-order chi connectivity index (χ1) is 6.80. The van der Waals surface area contributed by atoms with E-state index in [0.717, 1.165) is 12.8 Å². The number of hydrogen-bond acceptors (Lipinski definition) is 3. The molecular weight excluding hydrogens is 176 g/mol. The van der Waals surface area contributed by atoms with Gasteiger partial charge in [-0.3, -0.25) is 0 Å². The summed E-state index contributed by atoms with van der Waals surface area (Å²) < 4.78 is 5.00. The molecule has 0 saturated heterocycles. The Hall–Kier alpha value is -1.09. The second-order valence-corrected chi connectivity index (χ2v) is 3.31. The molecule has 0 amide bonds. The van der Waals surface area contributed by atoms with Gasteiger partial charge >= 0.3 is 0 Å². The van der Waals surface area contributed by atoms with Crippen LogP contribution in [0.2, 0.25) is 0 Å². The first kappa shape index (κ1) is 11.0. The van der Waals surface area contributed by atoms with Gasteiger partial charge in [0.2, 0.25) is 5.88 Å². The summed E-state index contributed by atoms with van der Waals surface area (Å²) in [6, 6.07) is 4.49. The lowest BCUT2D eigenvalue weighted by atomic mass is 10.1. The highest BCUT2D eigenvalue weighted by Gasteiger charge is 2.04. The van der Waals surface area contributed by atoms with Gasteiger partial charge in [-0.15, -0.1) is 0 Å². The van der Waals surface area contributed by atoms with E-state index < -0.39 is 0 Å². The number of likely N-dealkylation sites (N-methyl/N-ethyl adjacent to an activating group) is 1. The molecule has 0 saturated carbocycles. The summed E-state index contributed by atoms with van der Waals surface area (Å²) in [5, 5.41) is 3.27. The maximum absolute atomic E-state index is 5.00. The van der Waals surface area contributed by atoms with Crippen LogP contribution in [0.5, 0.6) is 5.88 Å². The first-order valence-corrected chi connectivity index (χ1v) is 4.96. The molecule has 1 unspecified atom stereocenters. The highest BCUT2D eigenvalue weighted by molar-refractivity contribution is 5.18. The number of methoxy groups -OCH3 is 1. The topological polar surface area (TPSA) is 34.1 Å². The van der Waals surface area contributed by atoms with Crippen LogP contribution in [-0.4, -0.2) is 25.2 Å². The molecule has 1 heterocycles. The highest BCUT2D eigenvalue weighted by atomic mass is 16.5. The first-order valence-electron chi connectivity index (χ1n) is 4.96.